The SMILES string of the molecule is CSCCC(NC(=O)Cc1c(C)noc1C)c1nnc2ccccn12. The Morgan fingerprint density at radius 1 is 1.36 bits per heavy atom. The summed E-state index contributed by atoms with van der Waals surface area (Å²) in [6.45, 7) is 3.66. The third kappa shape index (κ3) is 3.84. The Morgan fingerprint density at radius 2 is 2.20 bits per heavy atom. The number of carbonyl (C=O) groups excluding carboxylic acids is 1. The molecular weight excluding hydrogens is 338 g/mol. The van der Waals surface area contributed by atoms with Gasteiger partial charge in [0.05, 0.1) is 18.2 Å². The molecule has 0 aromatic carbocycles. The lowest BCUT2D eigenvalue weighted by molar-refractivity contribution is -0.121. The molecule has 1 unspecified atom stereocenters. The Hall–Kier alpha value is -2.35. The van der Waals surface area contributed by atoms with E-state index < -0.39 is 0 Å². The minimum Gasteiger partial charge on any atom is -0.361 e. The van der Waals surface area contributed by atoms with Crippen molar-refractivity contribution >= 4 is 23.3 Å². The maximum absolute atomic E-state index is 12.6. The van der Waals surface area contributed by atoms with E-state index in [0.29, 0.717) is 5.76 Å². The fourth-order valence-corrected chi connectivity index (χ4v) is 3.23. The molecule has 132 valence electrons. The second-order valence-corrected chi connectivity index (χ2v) is 6.85. The lowest BCUT2D eigenvalue weighted by Crippen LogP contribution is -2.31. The monoisotopic (exact) mass is 359 g/mol. The zero-order valence-corrected chi connectivity index (χ0v) is 15.3. The molecule has 0 aliphatic heterocycles. The molecule has 0 bridgehead atoms. The lowest BCUT2D eigenvalue weighted by atomic mass is 10.1. The van der Waals surface area contributed by atoms with E-state index in [4.69, 9.17) is 4.52 Å². The molecule has 0 radical (unpaired) electrons. The van der Waals surface area contributed by atoms with Crippen LogP contribution in [0.5, 0.6) is 0 Å². The first-order valence-electron chi connectivity index (χ1n) is 8.10. The van der Waals surface area contributed by atoms with Gasteiger partial charge in [-0.1, -0.05) is 11.2 Å². The summed E-state index contributed by atoms with van der Waals surface area (Å²) < 4.78 is 7.05. The summed E-state index contributed by atoms with van der Waals surface area (Å²) >= 11 is 1.74. The van der Waals surface area contributed by atoms with Gasteiger partial charge in [-0.2, -0.15) is 11.8 Å². The van der Waals surface area contributed by atoms with Crippen molar-refractivity contribution in [3.63, 3.8) is 0 Å². The van der Waals surface area contributed by atoms with Crippen LogP contribution in [0.3, 0.4) is 0 Å². The fourth-order valence-electron chi connectivity index (χ4n) is 2.76. The van der Waals surface area contributed by atoms with Crippen molar-refractivity contribution in [2.75, 3.05) is 12.0 Å². The van der Waals surface area contributed by atoms with E-state index in [1.807, 2.05) is 48.9 Å². The minimum absolute atomic E-state index is 0.0758. The molecule has 0 aliphatic carbocycles. The van der Waals surface area contributed by atoms with Gasteiger partial charge in [0.15, 0.2) is 11.5 Å². The van der Waals surface area contributed by atoms with Crippen molar-refractivity contribution in [3.05, 3.63) is 47.2 Å². The van der Waals surface area contributed by atoms with E-state index in [2.05, 4.69) is 20.7 Å². The number of aryl methyl sites for hydroxylation is 2. The molecule has 0 spiro atoms. The van der Waals surface area contributed by atoms with Crippen LogP contribution in [-0.2, 0) is 11.2 Å². The number of carbonyl (C=O) groups is 1. The molecule has 3 rings (SSSR count). The lowest BCUT2D eigenvalue weighted by Gasteiger charge is -2.17. The van der Waals surface area contributed by atoms with Gasteiger partial charge in [0.25, 0.3) is 0 Å². The molecule has 25 heavy (non-hydrogen) atoms. The molecule has 7 nitrogen and oxygen atoms in total. The maximum atomic E-state index is 12.6. The standard InChI is InChI=1S/C17H21N5O2S/c1-11-13(12(2)24-21-11)10-16(23)18-14(7-9-25-3)17-20-19-15-6-4-5-8-22(15)17/h4-6,8,14H,7,9-10H2,1-3H3,(H,18,23). The molecule has 1 N–H and O–H groups in total. The Morgan fingerprint density at radius 3 is 2.92 bits per heavy atom. The smallest absolute Gasteiger partial charge is 0.225 e. The van der Waals surface area contributed by atoms with E-state index in [1.54, 1.807) is 11.8 Å². The van der Waals surface area contributed by atoms with E-state index in [-0.39, 0.29) is 18.4 Å². The number of nitrogens with zero attached hydrogens (tertiary/aromatic N) is 4. The quantitative estimate of drug-likeness (QED) is 0.697. The molecule has 1 atom stereocenters. The zero-order valence-electron chi connectivity index (χ0n) is 14.5. The second-order valence-electron chi connectivity index (χ2n) is 5.87. The average Bonchev–Trinajstić information content (AvgIpc) is 3.17. The van der Waals surface area contributed by atoms with Gasteiger partial charge in [0.2, 0.25) is 5.91 Å². The Kier molecular flexibility index (Phi) is 5.37. The Bertz CT molecular complexity index is 853. The summed E-state index contributed by atoms with van der Waals surface area (Å²) in [4.78, 5) is 12.6. The van der Waals surface area contributed by atoms with Gasteiger partial charge in [-0.3, -0.25) is 9.20 Å². The van der Waals surface area contributed by atoms with Crippen molar-refractivity contribution in [3.8, 4) is 0 Å². The molecule has 3 aromatic heterocycles. The first-order chi connectivity index (χ1) is 12.1. The number of nitrogens with one attached hydrogen (secondary N) is 1. The predicted octanol–water partition coefficient (Wildman–Crippen LogP) is 2.49. The topological polar surface area (TPSA) is 85.3 Å². The molecular formula is C17H21N5O2S. The van der Waals surface area contributed by atoms with E-state index in [9.17, 15) is 4.79 Å². The Balaban J connectivity index is 1.80. The van der Waals surface area contributed by atoms with Gasteiger partial charge < -0.3 is 9.84 Å². The molecule has 3 aromatic rings. The van der Waals surface area contributed by atoms with E-state index in [0.717, 1.165) is 34.9 Å². The molecule has 1 amide bonds. The normalized spacial score (nSPS) is 12.4. The Labute approximate surface area is 150 Å². The summed E-state index contributed by atoms with van der Waals surface area (Å²) in [6, 6.07) is 5.55. The number of rotatable bonds is 7. The van der Waals surface area contributed by atoms with Crippen molar-refractivity contribution in [2.24, 2.45) is 0 Å². The number of hydrogen-bond donors (Lipinski definition) is 1. The maximum Gasteiger partial charge on any atom is 0.225 e. The second kappa shape index (κ2) is 7.69. The molecule has 8 heteroatoms. The first-order valence-corrected chi connectivity index (χ1v) is 9.49. The number of amides is 1. The third-order valence-electron chi connectivity index (χ3n) is 4.12. The number of hydrogen-bond acceptors (Lipinski definition) is 6. The van der Waals surface area contributed by atoms with Crippen LogP contribution < -0.4 is 5.32 Å². The van der Waals surface area contributed by atoms with Gasteiger partial charge in [-0.15, -0.1) is 10.2 Å². The van der Waals surface area contributed by atoms with Crippen molar-refractivity contribution < 1.29 is 9.32 Å². The van der Waals surface area contributed by atoms with Gasteiger partial charge in [0, 0.05) is 11.8 Å². The summed E-state index contributed by atoms with van der Waals surface area (Å²) in [6.07, 6.45) is 4.99. The van der Waals surface area contributed by atoms with Crippen LogP contribution in [0.15, 0.2) is 28.9 Å². The molecule has 0 aliphatic rings. The zero-order chi connectivity index (χ0) is 17.8. The number of fused-ring (bicyclic) bond motifs is 1. The summed E-state index contributed by atoms with van der Waals surface area (Å²) in [7, 11) is 0. The van der Waals surface area contributed by atoms with Crippen molar-refractivity contribution in [1.82, 2.24) is 25.1 Å². The molecule has 3 heterocycles. The molecule has 0 fully saturated rings. The predicted molar refractivity (Wildman–Crippen MR) is 96.6 cm³/mol. The van der Waals surface area contributed by atoms with Gasteiger partial charge in [0.1, 0.15) is 5.76 Å². The number of aromatic nitrogens is 4. The van der Waals surface area contributed by atoms with Gasteiger partial charge in [-0.25, -0.2) is 0 Å². The molecule has 0 saturated carbocycles. The highest BCUT2D eigenvalue weighted by atomic mass is 32.2. The van der Waals surface area contributed by atoms with Gasteiger partial charge in [-0.05, 0) is 44.4 Å². The number of pyridine rings is 1. The van der Waals surface area contributed by atoms with E-state index >= 15 is 0 Å². The highest BCUT2D eigenvalue weighted by Gasteiger charge is 2.21. The largest absolute Gasteiger partial charge is 0.361 e. The summed E-state index contributed by atoms with van der Waals surface area (Å²) in [5, 5.41) is 15.5. The van der Waals surface area contributed by atoms with Crippen molar-refractivity contribution in [2.45, 2.75) is 32.7 Å². The highest BCUT2D eigenvalue weighted by Crippen LogP contribution is 2.19. The van der Waals surface area contributed by atoms with Crippen LogP contribution in [0.1, 0.15) is 35.3 Å². The summed E-state index contributed by atoms with van der Waals surface area (Å²) in [5.41, 5.74) is 2.36. The third-order valence-corrected chi connectivity index (χ3v) is 4.76. The number of thioether (sulfide) groups is 1. The molecule has 0 saturated heterocycles. The van der Waals surface area contributed by atoms with E-state index in [1.165, 1.54) is 0 Å². The first kappa shape index (κ1) is 17.5. The van der Waals surface area contributed by atoms with Gasteiger partial charge >= 0.3 is 0 Å². The van der Waals surface area contributed by atoms with Crippen LogP contribution in [0.4, 0.5) is 0 Å². The van der Waals surface area contributed by atoms with Crippen LogP contribution >= 0.6 is 11.8 Å². The summed E-state index contributed by atoms with van der Waals surface area (Å²) in [5.74, 6) is 2.27. The highest BCUT2D eigenvalue weighted by molar-refractivity contribution is 7.98. The van der Waals surface area contributed by atoms with Crippen molar-refractivity contribution in [1.29, 1.82) is 0 Å². The van der Waals surface area contributed by atoms with Crippen LogP contribution in [-0.4, -0.2) is 37.7 Å². The van der Waals surface area contributed by atoms with Crippen LogP contribution in [0, 0.1) is 13.8 Å². The average molecular weight is 359 g/mol. The minimum atomic E-state index is -0.196. The van der Waals surface area contributed by atoms with Crippen LogP contribution in [0.25, 0.3) is 5.65 Å². The fraction of sp³-hybridized carbons (Fsp3) is 0.412. The van der Waals surface area contributed by atoms with Crippen LogP contribution in [0.2, 0.25) is 0 Å².